The molecular formula is C22H26N2O3S. The molecular weight excluding hydrogens is 372 g/mol. The molecule has 0 bridgehead atoms. The predicted octanol–water partition coefficient (Wildman–Crippen LogP) is 3.37. The monoisotopic (exact) mass is 398 g/mol. The number of carbonyl (C=O) groups excluding carboxylic acids is 2. The van der Waals surface area contributed by atoms with Crippen LogP contribution >= 0.6 is 11.8 Å². The first-order valence-corrected chi connectivity index (χ1v) is 10.2. The van der Waals surface area contributed by atoms with E-state index in [1.54, 1.807) is 16.7 Å². The average Bonchev–Trinajstić information content (AvgIpc) is 3.00. The number of hydrogen-bond acceptors (Lipinski definition) is 5. The summed E-state index contributed by atoms with van der Waals surface area (Å²) in [7, 11) is 1.37. The van der Waals surface area contributed by atoms with Gasteiger partial charge < -0.3 is 15.0 Å². The quantitative estimate of drug-likeness (QED) is 0.756. The Labute approximate surface area is 170 Å². The Hall–Kier alpha value is -2.31. The Balaban J connectivity index is 1.81. The highest BCUT2D eigenvalue weighted by Gasteiger charge is 2.53. The minimum Gasteiger partial charge on any atom is -0.467 e. The highest BCUT2D eigenvalue weighted by molar-refractivity contribution is 8.01. The van der Waals surface area contributed by atoms with E-state index in [1.165, 1.54) is 7.11 Å². The van der Waals surface area contributed by atoms with E-state index >= 15 is 0 Å². The van der Waals surface area contributed by atoms with Crippen molar-refractivity contribution in [2.45, 2.75) is 36.6 Å². The summed E-state index contributed by atoms with van der Waals surface area (Å²) in [5.74, 6) is -0.495. The second-order valence-corrected chi connectivity index (χ2v) is 9.03. The zero-order valence-electron chi connectivity index (χ0n) is 16.4. The number of amides is 1. The smallest absolute Gasteiger partial charge is 0.330 e. The van der Waals surface area contributed by atoms with Crippen LogP contribution in [0, 0.1) is 0 Å². The van der Waals surface area contributed by atoms with Gasteiger partial charge in [0.2, 0.25) is 5.91 Å². The number of methoxy groups -OCH3 is 1. The van der Waals surface area contributed by atoms with Crippen molar-refractivity contribution in [2.24, 2.45) is 0 Å². The fraction of sp³-hybridized carbons (Fsp3) is 0.364. The summed E-state index contributed by atoms with van der Waals surface area (Å²) in [6.45, 7) is 4.72. The molecule has 0 spiro atoms. The Morgan fingerprint density at radius 3 is 2.29 bits per heavy atom. The van der Waals surface area contributed by atoms with Crippen molar-refractivity contribution < 1.29 is 14.3 Å². The molecule has 3 rings (SSSR count). The fourth-order valence-electron chi connectivity index (χ4n) is 3.51. The first-order chi connectivity index (χ1) is 13.4. The fourth-order valence-corrected chi connectivity index (χ4v) is 5.07. The van der Waals surface area contributed by atoms with Gasteiger partial charge in [0.05, 0.1) is 13.7 Å². The van der Waals surface area contributed by atoms with Gasteiger partial charge in [-0.3, -0.25) is 4.79 Å². The molecule has 1 heterocycles. The topological polar surface area (TPSA) is 58.6 Å². The minimum atomic E-state index is -0.640. The van der Waals surface area contributed by atoms with E-state index in [4.69, 9.17) is 4.74 Å². The van der Waals surface area contributed by atoms with Crippen molar-refractivity contribution in [3.8, 4) is 0 Å². The lowest BCUT2D eigenvalue weighted by atomic mass is 10.0. The van der Waals surface area contributed by atoms with Crippen LogP contribution in [0.2, 0.25) is 0 Å². The van der Waals surface area contributed by atoms with Crippen LogP contribution < -0.4 is 5.32 Å². The van der Waals surface area contributed by atoms with E-state index in [9.17, 15) is 9.59 Å². The van der Waals surface area contributed by atoms with Crippen LogP contribution in [0.25, 0.3) is 0 Å². The lowest BCUT2D eigenvalue weighted by molar-refractivity contribution is -0.153. The lowest BCUT2D eigenvalue weighted by Gasteiger charge is -2.31. The third kappa shape index (κ3) is 4.39. The van der Waals surface area contributed by atoms with Crippen LogP contribution in [0.15, 0.2) is 60.7 Å². The number of nitrogens with zero attached hydrogens (tertiary/aromatic N) is 1. The molecule has 28 heavy (non-hydrogen) atoms. The van der Waals surface area contributed by atoms with Crippen LogP contribution in [0.3, 0.4) is 0 Å². The predicted molar refractivity (Wildman–Crippen MR) is 112 cm³/mol. The molecule has 0 unspecified atom stereocenters. The van der Waals surface area contributed by atoms with Crippen LogP contribution in [-0.2, 0) is 20.9 Å². The summed E-state index contributed by atoms with van der Waals surface area (Å²) in [4.78, 5) is 27.4. The van der Waals surface area contributed by atoms with Crippen LogP contribution in [0.5, 0.6) is 0 Å². The van der Waals surface area contributed by atoms with Crippen LogP contribution in [0.1, 0.15) is 30.3 Å². The van der Waals surface area contributed by atoms with Gasteiger partial charge in [0.1, 0.15) is 11.4 Å². The van der Waals surface area contributed by atoms with E-state index in [2.05, 4.69) is 5.32 Å². The molecule has 0 aromatic heterocycles. The lowest BCUT2D eigenvalue weighted by Crippen LogP contribution is -2.51. The Morgan fingerprint density at radius 2 is 1.68 bits per heavy atom. The third-order valence-corrected chi connectivity index (χ3v) is 6.40. The van der Waals surface area contributed by atoms with Gasteiger partial charge in [-0.15, -0.1) is 11.8 Å². The van der Waals surface area contributed by atoms with Crippen LogP contribution in [-0.4, -0.2) is 41.2 Å². The summed E-state index contributed by atoms with van der Waals surface area (Å²) in [5, 5.41) is 2.97. The van der Waals surface area contributed by atoms with E-state index < -0.39 is 10.8 Å². The molecule has 1 aliphatic rings. The first kappa shape index (κ1) is 20.4. The molecule has 2 aromatic carbocycles. The Bertz CT molecular complexity index is 811. The number of ether oxygens (including phenoxy) is 1. The maximum atomic E-state index is 13.2. The summed E-state index contributed by atoms with van der Waals surface area (Å²) < 4.78 is 4.59. The van der Waals surface area contributed by atoms with Gasteiger partial charge in [-0.2, -0.15) is 0 Å². The molecule has 0 saturated carbocycles. The molecule has 1 N–H and O–H groups in total. The van der Waals surface area contributed by atoms with Crippen molar-refractivity contribution in [3.05, 3.63) is 71.8 Å². The molecule has 5 nitrogen and oxygen atoms in total. The number of rotatable bonds is 6. The van der Waals surface area contributed by atoms with Crippen molar-refractivity contribution in [3.63, 3.8) is 0 Å². The van der Waals surface area contributed by atoms with E-state index in [0.717, 1.165) is 11.1 Å². The number of thioether (sulfide) groups is 1. The molecule has 1 fully saturated rings. The van der Waals surface area contributed by atoms with E-state index in [0.29, 0.717) is 6.54 Å². The van der Waals surface area contributed by atoms with Crippen molar-refractivity contribution in [2.75, 3.05) is 13.7 Å². The molecule has 6 heteroatoms. The van der Waals surface area contributed by atoms with Gasteiger partial charge in [-0.25, -0.2) is 4.79 Å². The Morgan fingerprint density at radius 1 is 1.07 bits per heavy atom. The van der Waals surface area contributed by atoms with E-state index in [-0.39, 0.29) is 23.8 Å². The molecule has 148 valence electrons. The van der Waals surface area contributed by atoms with Gasteiger partial charge in [0.25, 0.3) is 0 Å². The zero-order valence-corrected chi connectivity index (χ0v) is 17.2. The minimum absolute atomic E-state index is 0.113. The van der Waals surface area contributed by atoms with Crippen molar-refractivity contribution >= 4 is 23.6 Å². The molecule has 1 aliphatic heterocycles. The van der Waals surface area contributed by atoms with Gasteiger partial charge in [0.15, 0.2) is 0 Å². The molecule has 0 aliphatic carbocycles. The normalized spacial score (nSPS) is 20.8. The maximum absolute atomic E-state index is 13.2. The molecule has 1 amide bonds. The summed E-state index contributed by atoms with van der Waals surface area (Å²) in [6.07, 6.45) is 0. The van der Waals surface area contributed by atoms with Gasteiger partial charge >= 0.3 is 5.97 Å². The van der Waals surface area contributed by atoms with Gasteiger partial charge in [-0.1, -0.05) is 60.7 Å². The summed E-state index contributed by atoms with van der Waals surface area (Å²) in [5.41, 5.74) is 2.11. The zero-order chi connectivity index (χ0) is 20.1. The second-order valence-electron chi connectivity index (χ2n) is 7.30. The molecule has 2 aromatic rings. The summed E-state index contributed by atoms with van der Waals surface area (Å²) in [6, 6.07) is 19.1. The maximum Gasteiger partial charge on any atom is 0.330 e. The van der Waals surface area contributed by atoms with Gasteiger partial charge in [0, 0.05) is 11.3 Å². The first-order valence-electron chi connectivity index (χ1n) is 9.30. The molecule has 2 atom stereocenters. The highest BCUT2D eigenvalue weighted by Crippen LogP contribution is 2.52. The SMILES string of the molecule is COC(=O)[C@H]1N(C(=O)CNCc2ccccc2)[C@H](c2ccccc2)SC1(C)C. The second kappa shape index (κ2) is 8.80. The highest BCUT2D eigenvalue weighted by atomic mass is 32.2. The van der Waals surface area contributed by atoms with Crippen molar-refractivity contribution in [1.29, 1.82) is 0 Å². The van der Waals surface area contributed by atoms with Crippen molar-refractivity contribution in [1.82, 2.24) is 10.2 Å². The number of benzene rings is 2. The standard InChI is InChI=1S/C22H26N2O3S/c1-22(2)19(21(26)27-3)24(20(28-22)17-12-8-5-9-13-17)18(25)15-23-14-16-10-6-4-7-11-16/h4-13,19-20,23H,14-15H2,1-3H3/t19-,20+/m1/s1. The number of hydrogen-bond donors (Lipinski definition) is 1. The summed E-state index contributed by atoms with van der Waals surface area (Å²) >= 11 is 1.62. The molecule has 1 saturated heterocycles. The van der Waals surface area contributed by atoms with E-state index in [1.807, 2.05) is 74.5 Å². The number of esters is 1. The number of carbonyl (C=O) groups is 2. The third-order valence-electron chi connectivity index (χ3n) is 4.85. The average molecular weight is 399 g/mol. The Kier molecular flexibility index (Phi) is 6.42. The number of nitrogens with one attached hydrogen (secondary N) is 1. The molecule has 0 radical (unpaired) electrons. The van der Waals surface area contributed by atoms with Gasteiger partial charge in [-0.05, 0) is 25.0 Å². The van der Waals surface area contributed by atoms with Crippen LogP contribution in [0.4, 0.5) is 0 Å². The largest absolute Gasteiger partial charge is 0.467 e.